The van der Waals surface area contributed by atoms with E-state index in [4.69, 9.17) is 4.42 Å². The highest BCUT2D eigenvalue weighted by Crippen LogP contribution is 2.22. The predicted molar refractivity (Wildman–Crippen MR) is 66.0 cm³/mol. The third kappa shape index (κ3) is 2.03. The fourth-order valence-corrected chi connectivity index (χ4v) is 2.25. The number of hydrogen-bond donors (Lipinski definition) is 1. The lowest BCUT2D eigenvalue weighted by Gasteiger charge is -2.25. The SMILES string of the molecule is O=C(c1ccc(-c2cn[nH]c2)o1)N1CCCCC1. The molecule has 3 rings (SSSR count). The molecule has 0 bridgehead atoms. The average Bonchev–Trinajstić information content (AvgIpc) is 3.09. The molecule has 0 unspecified atom stereocenters. The Bertz CT molecular complexity index is 524. The number of aromatic amines is 1. The number of likely N-dealkylation sites (tertiary alicyclic amines) is 1. The first-order valence-electron chi connectivity index (χ1n) is 6.23. The van der Waals surface area contributed by atoms with Crippen LogP contribution in [-0.4, -0.2) is 34.1 Å². The number of carbonyl (C=O) groups excluding carboxylic acids is 1. The quantitative estimate of drug-likeness (QED) is 0.883. The number of nitrogens with zero attached hydrogens (tertiary/aromatic N) is 2. The number of nitrogens with one attached hydrogen (secondary N) is 1. The van der Waals surface area contributed by atoms with E-state index in [9.17, 15) is 4.79 Å². The van der Waals surface area contributed by atoms with Gasteiger partial charge in [0.15, 0.2) is 5.76 Å². The second-order valence-corrected chi connectivity index (χ2v) is 4.50. The third-order valence-electron chi connectivity index (χ3n) is 3.24. The second kappa shape index (κ2) is 4.68. The van der Waals surface area contributed by atoms with E-state index in [2.05, 4.69) is 10.2 Å². The lowest BCUT2D eigenvalue weighted by atomic mass is 10.1. The van der Waals surface area contributed by atoms with Crippen molar-refractivity contribution >= 4 is 5.91 Å². The number of furan rings is 1. The van der Waals surface area contributed by atoms with E-state index >= 15 is 0 Å². The highest BCUT2D eigenvalue weighted by atomic mass is 16.4. The number of carbonyl (C=O) groups is 1. The normalized spacial score (nSPS) is 15.9. The minimum atomic E-state index is -0.00977. The van der Waals surface area contributed by atoms with E-state index in [0.29, 0.717) is 11.5 Å². The van der Waals surface area contributed by atoms with Gasteiger partial charge in [0.05, 0.1) is 11.8 Å². The third-order valence-corrected chi connectivity index (χ3v) is 3.24. The summed E-state index contributed by atoms with van der Waals surface area (Å²) in [7, 11) is 0. The first kappa shape index (κ1) is 11.1. The van der Waals surface area contributed by atoms with E-state index in [1.54, 1.807) is 18.5 Å². The Hall–Kier alpha value is -2.04. The van der Waals surface area contributed by atoms with Crippen molar-refractivity contribution in [3.8, 4) is 11.3 Å². The Kier molecular flexibility index (Phi) is 2.88. The van der Waals surface area contributed by atoms with Crippen LogP contribution < -0.4 is 0 Å². The molecule has 18 heavy (non-hydrogen) atoms. The van der Waals surface area contributed by atoms with Gasteiger partial charge in [0.2, 0.25) is 0 Å². The number of amides is 1. The molecule has 2 aromatic rings. The van der Waals surface area contributed by atoms with Gasteiger partial charge >= 0.3 is 0 Å². The molecule has 1 fully saturated rings. The summed E-state index contributed by atoms with van der Waals surface area (Å²) >= 11 is 0. The van der Waals surface area contributed by atoms with Gasteiger partial charge in [-0.15, -0.1) is 0 Å². The van der Waals surface area contributed by atoms with Gasteiger partial charge in [0.1, 0.15) is 5.76 Å². The van der Waals surface area contributed by atoms with Crippen LogP contribution >= 0.6 is 0 Å². The van der Waals surface area contributed by atoms with Crippen LogP contribution in [0.25, 0.3) is 11.3 Å². The van der Waals surface area contributed by atoms with Crippen molar-refractivity contribution in [3.63, 3.8) is 0 Å². The fourth-order valence-electron chi connectivity index (χ4n) is 2.25. The molecule has 3 heterocycles. The highest BCUT2D eigenvalue weighted by molar-refractivity contribution is 5.92. The first-order chi connectivity index (χ1) is 8.84. The molecule has 2 aromatic heterocycles. The van der Waals surface area contributed by atoms with Crippen LogP contribution in [-0.2, 0) is 0 Å². The zero-order valence-electron chi connectivity index (χ0n) is 10.1. The van der Waals surface area contributed by atoms with E-state index in [-0.39, 0.29) is 5.91 Å². The Morgan fingerprint density at radius 2 is 2.11 bits per heavy atom. The number of rotatable bonds is 2. The molecule has 1 saturated heterocycles. The van der Waals surface area contributed by atoms with Crippen molar-refractivity contribution in [2.24, 2.45) is 0 Å². The Labute approximate surface area is 105 Å². The topological polar surface area (TPSA) is 62.1 Å². The number of H-pyrrole nitrogens is 1. The molecule has 1 amide bonds. The molecular weight excluding hydrogens is 230 g/mol. The molecule has 1 aliphatic heterocycles. The van der Waals surface area contributed by atoms with Crippen LogP contribution in [0.3, 0.4) is 0 Å². The molecule has 5 heteroatoms. The maximum Gasteiger partial charge on any atom is 0.289 e. The molecule has 94 valence electrons. The van der Waals surface area contributed by atoms with Gasteiger partial charge in [0.25, 0.3) is 5.91 Å². The van der Waals surface area contributed by atoms with E-state index < -0.39 is 0 Å². The molecule has 5 nitrogen and oxygen atoms in total. The summed E-state index contributed by atoms with van der Waals surface area (Å²) in [5.74, 6) is 1.07. The van der Waals surface area contributed by atoms with Crippen LogP contribution in [0, 0.1) is 0 Å². The van der Waals surface area contributed by atoms with Crippen LogP contribution in [0.2, 0.25) is 0 Å². The minimum Gasteiger partial charge on any atom is -0.451 e. The number of hydrogen-bond acceptors (Lipinski definition) is 3. The summed E-state index contributed by atoms with van der Waals surface area (Å²) in [6.45, 7) is 1.67. The molecule has 0 aromatic carbocycles. The van der Waals surface area contributed by atoms with Crippen molar-refractivity contribution < 1.29 is 9.21 Å². The van der Waals surface area contributed by atoms with Gasteiger partial charge in [-0.25, -0.2) is 0 Å². The molecule has 1 aliphatic rings. The molecule has 0 radical (unpaired) electrons. The zero-order chi connectivity index (χ0) is 12.4. The van der Waals surface area contributed by atoms with Gasteiger partial charge in [-0.3, -0.25) is 9.89 Å². The number of piperidine rings is 1. The molecule has 0 spiro atoms. The molecule has 0 aliphatic carbocycles. The Morgan fingerprint density at radius 3 is 2.83 bits per heavy atom. The van der Waals surface area contributed by atoms with Crippen LogP contribution in [0.4, 0.5) is 0 Å². The lowest BCUT2D eigenvalue weighted by molar-refractivity contribution is 0.0693. The van der Waals surface area contributed by atoms with Crippen molar-refractivity contribution in [1.29, 1.82) is 0 Å². The summed E-state index contributed by atoms with van der Waals surface area (Å²) in [6, 6.07) is 3.54. The molecular formula is C13H15N3O2. The average molecular weight is 245 g/mol. The smallest absolute Gasteiger partial charge is 0.289 e. The van der Waals surface area contributed by atoms with E-state index in [1.807, 2.05) is 11.0 Å². The largest absolute Gasteiger partial charge is 0.451 e. The first-order valence-corrected chi connectivity index (χ1v) is 6.23. The zero-order valence-corrected chi connectivity index (χ0v) is 10.1. The summed E-state index contributed by atoms with van der Waals surface area (Å²) in [6.07, 6.45) is 6.80. The summed E-state index contributed by atoms with van der Waals surface area (Å²) in [4.78, 5) is 14.1. The van der Waals surface area contributed by atoms with E-state index in [0.717, 1.165) is 31.5 Å². The second-order valence-electron chi connectivity index (χ2n) is 4.50. The maximum absolute atomic E-state index is 12.2. The summed E-state index contributed by atoms with van der Waals surface area (Å²) in [5.41, 5.74) is 0.854. The van der Waals surface area contributed by atoms with Gasteiger partial charge in [-0.2, -0.15) is 5.10 Å². The molecule has 0 saturated carbocycles. The van der Waals surface area contributed by atoms with Crippen LogP contribution in [0.1, 0.15) is 29.8 Å². The fraction of sp³-hybridized carbons (Fsp3) is 0.385. The molecule has 1 N–H and O–H groups in total. The maximum atomic E-state index is 12.2. The van der Waals surface area contributed by atoms with Crippen LogP contribution in [0.5, 0.6) is 0 Å². The predicted octanol–water partition coefficient (Wildman–Crippen LogP) is 2.30. The number of aromatic nitrogens is 2. The Morgan fingerprint density at radius 1 is 1.28 bits per heavy atom. The standard InChI is InChI=1S/C13H15N3O2/c17-13(16-6-2-1-3-7-16)12-5-4-11(18-12)10-8-14-15-9-10/h4-5,8-9H,1-3,6-7H2,(H,14,15). The Balaban J connectivity index is 1.78. The van der Waals surface area contributed by atoms with Crippen molar-refractivity contribution in [3.05, 3.63) is 30.3 Å². The minimum absolute atomic E-state index is 0.00977. The van der Waals surface area contributed by atoms with Crippen molar-refractivity contribution in [2.45, 2.75) is 19.3 Å². The van der Waals surface area contributed by atoms with Gasteiger partial charge < -0.3 is 9.32 Å². The van der Waals surface area contributed by atoms with Gasteiger partial charge in [0, 0.05) is 19.3 Å². The van der Waals surface area contributed by atoms with Crippen molar-refractivity contribution in [1.82, 2.24) is 15.1 Å². The van der Waals surface area contributed by atoms with Gasteiger partial charge in [-0.05, 0) is 31.4 Å². The summed E-state index contributed by atoms with van der Waals surface area (Å²) < 4.78 is 5.59. The van der Waals surface area contributed by atoms with Crippen molar-refractivity contribution in [2.75, 3.05) is 13.1 Å². The van der Waals surface area contributed by atoms with Crippen LogP contribution in [0.15, 0.2) is 28.9 Å². The van der Waals surface area contributed by atoms with E-state index in [1.165, 1.54) is 6.42 Å². The molecule has 0 atom stereocenters. The highest BCUT2D eigenvalue weighted by Gasteiger charge is 2.21. The monoisotopic (exact) mass is 245 g/mol. The summed E-state index contributed by atoms with van der Waals surface area (Å²) in [5, 5.41) is 6.59. The van der Waals surface area contributed by atoms with Gasteiger partial charge in [-0.1, -0.05) is 0 Å². The lowest BCUT2D eigenvalue weighted by Crippen LogP contribution is -2.35.